The van der Waals surface area contributed by atoms with E-state index in [4.69, 9.17) is 0 Å². The molecule has 0 bridgehead atoms. The standard InChI is InChI=1S/C11H10F2OS/c12-9-2-7(3-10(13)4-9)1-8-5-15-6-11(8)14/h2-4,8H,1,5-6H2. The highest BCUT2D eigenvalue weighted by Crippen LogP contribution is 2.24. The number of rotatable bonds is 2. The van der Waals surface area contributed by atoms with E-state index < -0.39 is 11.6 Å². The normalized spacial score (nSPS) is 20.9. The summed E-state index contributed by atoms with van der Waals surface area (Å²) < 4.78 is 25.7. The molecule has 0 saturated carbocycles. The van der Waals surface area contributed by atoms with Crippen LogP contribution in [0.25, 0.3) is 0 Å². The lowest BCUT2D eigenvalue weighted by Gasteiger charge is -2.07. The summed E-state index contributed by atoms with van der Waals surface area (Å²) in [7, 11) is 0. The molecule has 0 amide bonds. The predicted octanol–water partition coefficient (Wildman–Crippen LogP) is 2.44. The van der Waals surface area contributed by atoms with Crippen LogP contribution in [0.1, 0.15) is 5.56 Å². The van der Waals surface area contributed by atoms with Crippen LogP contribution < -0.4 is 0 Å². The van der Waals surface area contributed by atoms with Crippen LogP contribution in [-0.4, -0.2) is 17.3 Å². The fraction of sp³-hybridized carbons (Fsp3) is 0.364. The van der Waals surface area contributed by atoms with Crippen molar-refractivity contribution in [2.75, 3.05) is 11.5 Å². The minimum Gasteiger partial charge on any atom is -0.298 e. The Morgan fingerprint density at radius 1 is 1.27 bits per heavy atom. The van der Waals surface area contributed by atoms with Gasteiger partial charge in [-0.3, -0.25) is 4.79 Å². The molecule has 1 heterocycles. The summed E-state index contributed by atoms with van der Waals surface area (Å²) in [6.07, 6.45) is 0.445. The third-order valence-electron chi connectivity index (χ3n) is 2.42. The Bertz CT molecular complexity index is 372. The summed E-state index contributed by atoms with van der Waals surface area (Å²) in [6, 6.07) is 3.42. The van der Waals surface area contributed by atoms with Gasteiger partial charge >= 0.3 is 0 Å². The maximum atomic E-state index is 12.9. The molecule has 4 heteroatoms. The summed E-state index contributed by atoms with van der Waals surface area (Å²) in [5.74, 6) is 0.242. The van der Waals surface area contributed by atoms with Gasteiger partial charge in [-0.05, 0) is 24.1 Å². The lowest BCUT2D eigenvalue weighted by molar-refractivity contribution is -0.119. The fourth-order valence-corrected chi connectivity index (χ4v) is 2.84. The number of carbonyl (C=O) groups excluding carboxylic acids is 1. The molecule has 0 aliphatic carbocycles. The topological polar surface area (TPSA) is 17.1 Å². The minimum absolute atomic E-state index is 0.0730. The van der Waals surface area contributed by atoms with Crippen molar-refractivity contribution in [1.29, 1.82) is 0 Å². The van der Waals surface area contributed by atoms with Crippen LogP contribution in [0.3, 0.4) is 0 Å². The molecule has 0 radical (unpaired) electrons. The van der Waals surface area contributed by atoms with Gasteiger partial charge in [-0.25, -0.2) is 8.78 Å². The average molecular weight is 228 g/mol. The Kier molecular flexibility index (Phi) is 3.05. The first-order valence-electron chi connectivity index (χ1n) is 4.70. The molecular weight excluding hydrogens is 218 g/mol. The molecule has 1 aliphatic heterocycles. The molecule has 1 unspecified atom stereocenters. The van der Waals surface area contributed by atoms with E-state index in [1.807, 2.05) is 0 Å². The van der Waals surface area contributed by atoms with E-state index in [-0.39, 0.29) is 11.7 Å². The van der Waals surface area contributed by atoms with Crippen molar-refractivity contribution >= 4 is 17.5 Å². The first-order valence-corrected chi connectivity index (χ1v) is 5.86. The van der Waals surface area contributed by atoms with E-state index in [2.05, 4.69) is 0 Å². The number of halogens is 2. The van der Waals surface area contributed by atoms with Crippen LogP contribution in [-0.2, 0) is 11.2 Å². The second kappa shape index (κ2) is 4.31. The van der Waals surface area contributed by atoms with Gasteiger partial charge in [-0.2, -0.15) is 11.8 Å². The van der Waals surface area contributed by atoms with Crippen molar-refractivity contribution in [2.45, 2.75) is 6.42 Å². The van der Waals surface area contributed by atoms with Crippen LogP contribution in [0.4, 0.5) is 8.78 Å². The highest BCUT2D eigenvalue weighted by atomic mass is 32.2. The van der Waals surface area contributed by atoms with Crippen molar-refractivity contribution in [1.82, 2.24) is 0 Å². The monoisotopic (exact) mass is 228 g/mol. The van der Waals surface area contributed by atoms with E-state index in [0.717, 1.165) is 11.8 Å². The molecule has 0 N–H and O–H groups in total. The van der Waals surface area contributed by atoms with Gasteiger partial charge in [0.2, 0.25) is 0 Å². The molecule has 1 nitrogen and oxygen atoms in total. The van der Waals surface area contributed by atoms with Crippen LogP contribution >= 0.6 is 11.8 Å². The largest absolute Gasteiger partial charge is 0.298 e. The van der Waals surface area contributed by atoms with Gasteiger partial charge in [-0.1, -0.05) is 0 Å². The number of carbonyl (C=O) groups is 1. The summed E-state index contributed by atoms with van der Waals surface area (Å²) in [5.41, 5.74) is 0.563. The second-order valence-corrected chi connectivity index (χ2v) is 4.69. The lowest BCUT2D eigenvalue weighted by atomic mass is 9.98. The zero-order valence-corrected chi connectivity index (χ0v) is 8.82. The van der Waals surface area contributed by atoms with Gasteiger partial charge in [0.15, 0.2) is 0 Å². The van der Waals surface area contributed by atoms with Crippen LogP contribution in [0.15, 0.2) is 18.2 Å². The third-order valence-corrected chi connectivity index (χ3v) is 3.55. The maximum Gasteiger partial charge on any atom is 0.146 e. The van der Waals surface area contributed by atoms with Crippen LogP contribution in [0.5, 0.6) is 0 Å². The molecule has 15 heavy (non-hydrogen) atoms. The molecule has 1 aromatic carbocycles. The number of ketones is 1. The zero-order chi connectivity index (χ0) is 10.8. The Morgan fingerprint density at radius 2 is 1.93 bits per heavy atom. The summed E-state index contributed by atoms with van der Waals surface area (Å²) in [4.78, 5) is 11.3. The molecule has 1 fully saturated rings. The molecule has 1 saturated heterocycles. The third kappa shape index (κ3) is 2.56. The van der Waals surface area contributed by atoms with Gasteiger partial charge in [0.05, 0.1) is 5.75 Å². The van der Waals surface area contributed by atoms with E-state index in [0.29, 0.717) is 17.7 Å². The molecule has 1 atom stereocenters. The number of benzene rings is 1. The van der Waals surface area contributed by atoms with Crippen LogP contribution in [0.2, 0.25) is 0 Å². The summed E-state index contributed by atoms with van der Waals surface area (Å²) >= 11 is 1.58. The van der Waals surface area contributed by atoms with Crippen molar-refractivity contribution in [3.05, 3.63) is 35.4 Å². The van der Waals surface area contributed by atoms with Crippen LogP contribution in [0, 0.1) is 17.6 Å². The summed E-state index contributed by atoms with van der Waals surface area (Å²) in [5, 5.41) is 0. The van der Waals surface area contributed by atoms with E-state index in [1.54, 1.807) is 11.8 Å². The number of Topliss-reactive ketones (excluding diaryl/α,β-unsaturated/α-hetero) is 1. The number of thioether (sulfide) groups is 1. The smallest absolute Gasteiger partial charge is 0.146 e. The predicted molar refractivity (Wildman–Crippen MR) is 55.9 cm³/mol. The Hall–Kier alpha value is -0.900. The number of hydrogen-bond donors (Lipinski definition) is 0. The first kappa shape index (κ1) is 10.6. The zero-order valence-electron chi connectivity index (χ0n) is 8.00. The SMILES string of the molecule is O=C1CSCC1Cc1cc(F)cc(F)c1. The van der Waals surface area contributed by atoms with Crippen molar-refractivity contribution in [3.8, 4) is 0 Å². The van der Waals surface area contributed by atoms with Gasteiger partial charge in [0, 0.05) is 17.7 Å². The molecule has 1 aromatic rings. The molecule has 80 valence electrons. The first-order chi connectivity index (χ1) is 7.15. The van der Waals surface area contributed by atoms with Gasteiger partial charge < -0.3 is 0 Å². The second-order valence-electron chi connectivity index (χ2n) is 3.66. The molecule has 0 aromatic heterocycles. The Labute approximate surface area is 90.9 Å². The van der Waals surface area contributed by atoms with Gasteiger partial charge in [0.25, 0.3) is 0 Å². The Balaban J connectivity index is 2.13. The van der Waals surface area contributed by atoms with E-state index in [9.17, 15) is 13.6 Å². The molecule has 2 rings (SSSR count). The number of hydrogen-bond acceptors (Lipinski definition) is 2. The maximum absolute atomic E-state index is 12.9. The van der Waals surface area contributed by atoms with E-state index in [1.165, 1.54) is 12.1 Å². The highest BCUT2D eigenvalue weighted by Gasteiger charge is 2.25. The highest BCUT2D eigenvalue weighted by molar-refractivity contribution is 8.00. The van der Waals surface area contributed by atoms with Crippen molar-refractivity contribution < 1.29 is 13.6 Å². The fourth-order valence-electron chi connectivity index (χ4n) is 1.70. The van der Waals surface area contributed by atoms with E-state index >= 15 is 0 Å². The quantitative estimate of drug-likeness (QED) is 0.773. The Morgan fingerprint density at radius 3 is 2.47 bits per heavy atom. The lowest BCUT2D eigenvalue weighted by Crippen LogP contribution is -2.14. The summed E-state index contributed by atoms with van der Waals surface area (Å²) in [6.45, 7) is 0. The molecule has 0 spiro atoms. The van der Waals surface area contributed by atoms with Crippen molar-refractivity contribution in [2.24, 2.45) is 5.92 Å². The average Bonchev–Trinajstić information content (AvgIpc) is 2.50. The molecular formula is C11H10F2OS. The minimum atomic E-state index is -0.580. The molecule has 1 aliphatic rings. The van der Waals surface area contributed by atoms with Gasteiger partial charge in [0.1, 0.15) is 17.4 Å². The van der Waals surface area contributed by atoms with Gasteiger partial charge in [-0.15, -0.1) is 0 Å². The van der Waals surface area contributed by atoms with Crippen molar-refractivity contribution in [3.63, 3.8) is 0 Å².